The van der Waals surface area contributed by atoms with Crippen molar-refractivity contribution in [1.82, 2.24) is 15.2 Å². The maximum Gasteiger partial charge on any atom is 0.249 e. The number of hydrogen-bond acceptors (Lipinski definition) is 5. The summed E-state index contributed by atoms with van der Waals surface area (Å²) in [6.45, 7) is 0.749. The van der Waals surface area contributed by atoms with Crippen molar-refractivity contribution >= 4 is 17.5 Å². The van der Waals surface area contributed by atoms with Gasteiger partial charge in [-0.1, -0.05) is 30.3 Å². The molecule has 0 aliphatic carbocycles. The van der Waals surface area contributed by atoms with E-state index in [4.69, 9.17) is 0 Å². The van der Waals surface area contributed by atoms with Gasteiger partial charge >= 0.3 is 0 Å². The van der Waals surface area contributed by atoms with E-state index < -0.39 is 0 Å². The molecule has 116 valence electrons. The van der Waals surface area contributed by atoms with Crippen LogP contribution in [0.15, 0.2) is 60.8 Å². The first-order valence-corrected chi connectivity index (χ1v) is 7.30. The average Bonchev–Trinajstić information content (AvgIpc) is 2.58. The molecule has 0 bridgehead atoms. The number of rotatable bonds is 6. The van der Waals surface area contributed by atoms with E-state index in [9.17, 15) is 4.39 Å². The highest BCUT2D eigenvalue weighted by Gasteiger charge is 2.02. The normalized spacial score (nSPS) is 10.3. The number of nitrogens with one attached hydrogen (secondary N) is 2. The number of anilines is 3. The molecule has 1 aromatic heterocycles. The van der Waals surface area contributed by atoms with Crippen molar-refractivity contribution in [3.8, 4) is 0 Å². The fraction of sp³-hybridized carbons (Fsp3) is 0.118. The molecule has 3 rings (SSSR count). The van der Waals surface area contributed by atoms with Crippen molar-refractivity contribution < 1.29 is 4.39 Å². The van der Waals surface area contributed by atoms with Crippen LogP contribution < -0.4 is 10.6 Å². The Balaban J connectivity index is 1.57. The average molecular weight is 309 g/mol. The summed E-state index contributed by atoms with van der Waals surface area (Å²) in [4.78, 5) is 4.33. The molecule has 0 fully saturated rings. The molecule has 3 aromatic rings. The molecule has 0 amide bonds. The highest BCUT2D eigenvalue weighted by atomic mass is 19.1. The summed E-state index contributed by atoms with van der Waals surface area (Å²) in [5, 5.41) is 14.0. The van der Waals surface area contributed by atoms with Gasteiger partial charge < -0.3 is 10.6 Å². The standard InChI is InChI=1S/C17H16FN5/c18-14-6-8-15(9-7-14)21-17-22-16(12-20-23-17)19-11-10-13-4-2-1-3-5-13/h1-9,12H,10-11H2,(H2,19,21,22,23). The molecule has 1 heterocycles. The molecule has 23 heavy (non-hydrogen) atoms. The highest BCUT2D eigenvalue weighted by Crippen LogP contribution is 2.13. The molecule has 0 atom stereocenters. The van der Waals surface area contributed by atoms with Gasteiger partial charge in [-0.2, -0.15) is 10.1 Å². The third kappa shape index (κ3) is 4.47. The summed E-state index contributed by atoms with van der Waals surface area (Å²) in [6, 6.07) is 16.2. The second-order valence-electron chi connectivity index (χ2n) is 4.96. The number of benzene rings is 2. The van der Waals surface area contributed by atoms with E-state index >= 15 is 0 Å². The molecular weight excluding hydrogens is 293 g/mol. The molecule has 0 aliphatic rings. The Kier molecular flexibility index (Phi) is 4.73. The maximum atomic E-state index is 12.9. The first-order chi connectivity index (χ1) is 11.3. The minimum atomic E-state index is -0.286. The fourth-order valence-corrected chi connectivity index (χ4v) is 2.08. The molecule has 0 saturated carbocycles. The second-order valence-corrected chi connectivity index (χ2v) is 4.96. The lowest BCUT2D eigenvalue weighted by Gasteiger charge is -2.07. The molecule has 0 spiro atoms. The zero-order valence-electron chi connectivity index (χ0n) is 12.4. The van der Waals surface area contributed by atoms with Crippen LogP contribution >= 0.6 is 0 Å². The van der Waals surface area contributed by atoms with E-state index in [1.165, 1.54) is 17.7 Å². The van der Waals surface area contributed by atoms with E-state index in [0.717, 1.165) is 13.0 Å². The van der Waals surface area contributed by atoms with Crippen LogP contribution in [-0.2, 0) is 6.42 Å². The van der Waals surface area contributed by atoms with Gasteiger partial charge in [0.15, 0.2) is 5.82 Å². The zero-order valence-corrected chi connectivity index (χ0v) is 12.4. The van der Waals surface area contributed by atoms with Crippen molar-refractivity contribution in [2.24, 2.45) is 0 Å². The third-order valence-corrected chi connectivity index (χ3v) is 3.22. The van der Waals surface area contributed by atoms with Crippen molar-refractivity contribution in [3.05, 3.63) is 72.2 Å². The lowest BCUT2D eigenvalue weighted by molar-refractivity contribution is 0.628. The molecule has 0 saturated heterocycles. The minimum Gasteiger partial charge on any atom is -0.368 e. The Hall–Kier alpha value is -3.02. The third-order valence-electron chi connectivity index (χ3n) is 3.22. The van der Waals surface area contributed by atoms with Crippen molar-refractivity contribution in [2.45, 2.75) is 6.42 Å². The van der Waals surface area contributed by atoms with Crippen LogP contribution in [0, 0.1) is 5.82 Å². The Bertz CT molecular complexity index is 746. The van der Waals surface area contributed by atoms with Crippen LogP contribution in [0.5, 0.6) is 0 Å². The molecule has 2 N–H and O–H groups in total. The van der Waals surface area contributed by atoms with Crippen molar-refractivity contribution in [1.29, 1.82) is 0 Å². The largest absolute Gasteiger partial charge is 0.368 e. The number of hydrogen-bond donors (Lipinski definition) is 2. The first kappa shape index (κ1) is 14.9. The van der Waals surface area contributed by atoms with Crippen LogP contribution in [0.2, 0.25) is 0 Å². The van der Waals surface area contributed by atoms with E-state index in [0.29, 0.717) is 17.5 Å². The number of halogens is 1. The summed E-state index contributed by atoms with van der Waals surface area (Å²) < 4.78 is 12.9. The monoisotopic (exact) mass is 309 g/mol. The fourth-order valence-electron chi connectivity index (χ4n) is 2.08. The van der Waals surface area contributed by atoms with Gasteiger partial charge in [0.2, 0.25) is 5.95 Å². The number of aromatic nitrogens is 3. The van der Waals surface area contributed by atoms with E-state index in [1.54, 1.807) is 18.3 Å². The van der Waals surface area contributed by atoms with Crippen LogP contribution in [-0.4, -0.2) is 21.7 Å². The van der Waals surface area contributed by atoms with Gasteiger partial charge in [-0.3, -0.25) is 0 Å². The van der Waals surface area contributed by atoms with Gasteiger partial charge in [-0.05, 0) is 36.2 Å². The second kappa shape index (κ2) is 7.31. The molecule has 0 unspecified atom stereocenters. The Labute approximate surface area is 133 Å². The van der Waals surface area contributed by atoms with Gasteiger partial charge in [-0.15, -0.1) is 5.10 Å². The van der Waals surface area contributed by atoms with Gasteiger partial charge in [0, 0.05) is 12.2 Å². The lowest BCUT2D eigenvalue weighted by atomic mass is 10.1. The Morgan fingerprint density at radius 3 is 2.52 bits per heavy atom. The Morgan fingerprint density at radius 2 is 1.74 bits per heavy atom. The predicted molar refractivity (Wildman–Crippen MR) is 88.1 cm³/mol. The van der Waals surface area contributed by atoms with Gasteiger partial charge in [0.1, 0.15) is 5.82 Å². The van der Waals surface area contributed by atoms with E-state index in [1.807, 2.05) is 18.2 Å². The summed E-state index contributed by atoms with van der Waals surface area (Å²) >= 11 is 0. The summed E-state index contributed by atoms with van der Waals surface area (Å²) in [6.07, 6.45) is 2.46. The van der Waals surface area contributed by atoms with Crippen molar-refractivity contribution in [2.75, 3.05) is 17.2 Å². The van der Waals surface area contributed by atoms with Crippen LogP contribution in [0.25, 0.3) is 0 Å². The topological polar surface area (TPSA) is 62.7 Å². The minimum absolute atomic E-state index is 0.286. The SMILES string of the molecule is Fc1ccc(Nc2nncc(NCCc3ccccc3)n2)cc1. The van der Waals surface area contributed by atoms with Crippen LogP contribution in [0.3, 0.4) is 0 Å². The molecule has 2 aromatic carbocycles. The summed E-state index contributed by atoms with van der Waals surface area (Å²) in [5.74, 6) is 0.716. The molecule has 0 aliphatic heterocycles. The Morgan fingerprint density at radius 1 is 0.957 bits per heavy atom. The first-order valence-electron chi connectivity index (χ1n) is 7.30. The van der Waals surface area contributed by atoms with Gasteiger partial charge in [-0.25, -0.2) is 4.39 Å². The summed E-state index contributed by atoms with van der Waals surface area (Å²) in [7, 11) is 0. The van der Waals surface area contributed by atoms with Crippen molar-refractivity contribution in [3.63, 3.8) is 0 Å². The summed E-state index contributed by atoms with van der Waals surface area (Å²) in [5.41, 5.74) is 1.96. The zero-order chi connectivity index (χ0) is 15.9. The lowest BCUT2D eigenvalue weighted by Crippen LogP contribution is -2.08. The molecule has 6 heteroatoms. The van der Waals surface area contributed by atoms with Crippen LogP contribution in [0.4, 0.5) is 21.8 Å². The predicted octanol–water partition coefficient (Wildman–Crippen LogP) is 3.41. The van der Waals surface area contributed by atoms with Gasteiger partial charge in [0.25, 0.3) is 0 Å². The number of nitrogens with zero attached hydrogens (tertiary/aromatic N) is 3. The highest BCUT2D eigenvalue weighted by molar-refractivity contribution is 5.53. The quantitative estimate of drug-likeness (QED) is 0.730. The van der Waals surface area contributed by atoms with E-state index in [2.05, 4.69) is 37.9 Å². The van der Waals surface area contributed by atoms with Gasteiger partial charge in [0.05, 0.1) is 6.20 Å². The molecular formula is C17H16FN5. The molecule has 5 nitrogen and oxygen atoms in total. The van der Waals surface area contributed by atoms with Crippen LogP contribution in [0.1, 0.15) is 5.56 Å². The van der Waals surface area contributed by atoms with E-state index in [-0.39, 0.29) is 5.82 Å². The maximum absolute atomic E-state index is 12.9. The molecule has 0 radical (unpaired) electrons. The smallest absolute Gasteiger partial charge is 0.249 e.